The number of benzene rings is 2. The minimum absolute atomic E-state index is 0.646. The summed E-state index contributed by atoms with van der Waals surface area (Å²) in [5, 5.41) is 3.67. The molecule has 0 saturated heterocycles. The molecule has 0 saturated carbocycles. The molecule has 5 rings (SSSR count). The third-order valence-corrected chi connectivity index (χ3v) is 7.75. The van der Waals surface area contributed by atoms with Gasteiger partial charge in [-0.1, -0.05) is 71.9 Å². The Bertz CT molecular complexity index is 1440. The van der Waals surface area contributed by atoms with Gasteiger partial charge in [-0.05, 0) is 130 Å². The van der Waals surface area contributed by atoms with Gasteiger partial charge in [0, 0.05) is 17.1 Å². The van der Waals surface area contributed by atoms with E-state index in [-0.39, 0.29) is 0 Å². The van der Waals surface area contributed by atoms with Crippen molar-refractivity contribution >= 4 is 28.2 Å². The second-order valence-electron chi connectivity index (χ2n) is 11.2. The van der Waals surface area contributed by atoms with Crippen LogP contribution in [0.4, 0.5) is 11.4 Å². The number of hydrogen-bond acceptors (Lipinski definition) is 2. The van der Waals surface area contributed by atoms with Crippen LogP contribution in [0.5, 0.6) is 0 Å². The normalized spacial score (nSPS) is 20.3. The number of aliphatic imine (C=N–C) groups is 1. The summed E-state index contributed by atoms with van der Waals surface area (Å²) >= 11 is 0. The molecule has 2 aromatic carbocycles. The van der Waals surface area contributed by atoms with Crippen molar-refractivity contribution in [3.63, 3.8) is 0 Å². The lowest BCUT2D eigenvalue weighted by Gasteiger charge is -2.29. The average molecular weight is 513 g/mol. The van der Waals surface area contributed by atoms with E-state index in [1.165, 1.54) is 63.2 Å². The van der Waals surface area contributed by atoms with Crippen LogP contribution in [0.25, 0.3) is 11.1 Å². The lowest BCUT2D eigenvalue weighted by molar-refractivity contribution is 0.515. The number of nitrogens with zero attached hydrogens (tertiary/aromatic N) is 1. The van der Waals surface area contributed by atoms with Gasteiger partial charge in [-0.2, -0.15) is 0 Å². The molecule has 0 bridgehead atoms. The summed E-state index contributed by atoms with van der Waals surface area (Å²) in [6, 6.07) is 17.5. The van der Waals surface area contributed by atoms with Crippen molar-refractivity contribution in [2.45, 2.75) is 59.8 Å². The smallest absolute Gasteiger partial charge is 0.0633 e. The fourth-order valence-corrected chi connectivity index (χ4v) is 5.36. The fraction of sp³-hybridized carbons (Fsp3) is 0.270. The van der Waals surface area contributed by atoms with Crippen LogP contribution in [-0.2, 0) is 0 Å². The second kappa shape index (κ2) is 12.3. The highest BCUT2D eigenvalue weighted by Crippen LogP contribution is 2.36. The Morgan fingerprint density at radius 1 is 0.846 bits per heavy atom. The molecule has 1 atom stereocenters. The number of rotatable bonds is 6. The highest BCUT2D eigenvalue weighted by molar-refractivity contribution is 5.98. The van der Waals surface area contributed by atoms with E-state index in [1.807, 2.05) is 0 Å². The van der Waals surface area contributed by atoms with Crippen molar-refractivity contribution in [1.82, 2.24) is 0 Å². The summed E-state index contributed by atoms with van der Waals surface area (Å²) in [5.41, 5.74) is 13.8. The second-order valence-corrected chi connectivity index (χ2v) is 11.2. The molecule has 198 valence electrons. The van der Waals surface area contributed by atoms with Gasteiger partial charge in [0.2, 0.25) is 0 Å². The van der Waals surface area contributed by atoms with Crippen molar-refractivity contribution in [2.24, 2.45) is 10.9 Å². The van der Waals surface area contributed by atoms with E-state index in [2.05, 4.69) is 130 Å². The maximum Gasteiger partial charge on any atom is 0.0633 e. The van der Waals surface area contributed by atoms with Gasteiger partial charge >= 0.3 is 0 Å². The first-order valence-corrected chi connectivity index (χ1v) is 14.3. The molecule has 0 amide bonds. The van der Waals surface area contributed by atoms with Crippen LogP contribution in [0.15, 0.2) is 125 Å². The van der Waals surface area contributed by atoms with E-state index in [0.717, 1.165) is 30.6 Å². The first kappa shape index (κ1) is 26.7. The quantitative estimate of drug-likeness (QED) is 0.382. The molecule has 1 N–H and O–H groups in total. The Hall–Kier alpha value is -3.91. The number of hydrogen-bond donors (Lipinski definition) is 1. The third-order valence-electron chi connectivity index (χ3n) is 7.75. The first-order chi connectivity index (χ1) is 18.9. The van der Waals surface area contributed by atoms with Crippen LogP contribution in [0.3, 0.4) is 0 Å². The Balaban J connectivity index is 1.27. The Morgan fingerprint density at radius 2 is 1.62 bits per heavy atom. The van der Waals surface area contributed by atoms with Crippen LogP contribution in [-0.4, -0.2) is 5.71 Å². The van der Waals surface area contributed by atoms with Gasteiger partial charge in [-0.25, -0.2) is 0 Å². The lowest BCUT2D eigenvalue weighted by atomic mass is 9.79. The van der Waals surface area contributed by atoms with Crippen molar-refractivity contribution in [1.29, 1.82) is 0 Å². The maximum absolute atomic E-state index is 5.02. The van der Waals surface area contributed by atoms with Gasteiger partial charge < -0.3 is 5.32 Å². The highest BCUT2D eigenvalue weighted by atomic mass is 14.9. The summed E-state index contributed by atoms with van der Waals surface area (Å²) in [7, 11) is 0. The van der Waals surface area contributed by atoms with Gasteiger partial charge in [-0.15, -0.1) is 0 Å². The molecule has 3 aliphatic rings. The zero-order valence-corrected chi connectivity index (χ0v) is 23.8. The molecule has 2 aromatic rings. The molecule has 0 spiro atoms. The Morgan fingerprint density at radius 3 is 2.38 bits per heavy atom. The van der Waals surface area contributed by atoms with Crippen molar-refractivity contribution in [3.8, 4) is 0 Å². The molecule has 0 heterocycles. The summed E-state index contributed by atoms with van der Waals surface area (Å²) in [6.07, 6.45) is 23.5. The van der Waals surface area contributed by atoms with E-state index in [0.29, 0.717) is 5.92 Å². The van der Waals surface area contributed by atoms with Crippen LogP contribution in [0.1, 0.15) is 70.9 Å². The van der Waals surface area contributed by atoms with Gasteiger partial charge in [0.25, 0.3) is 0 Å². The van der Waals surface area contributed by atoms with Crippen LogP contribution in [0, 0.1) is 5.92 Å². The minimum Gasteiger partial charge on any atom is -0.359 e. The monoisotopic (exact) mass is 512 g/mol. The summed E-state index contributed by atoms with van der Waals surface area (Å²) < 4.78 is 0. The van der Waals surface area contributed by atoms with E-state index in [1.54, 1.807) is 0 Å². The summed E-state index contributed by atoms with van der Waals surface area (Å²) in [6.45, 7) is 8.57. The predicted octanol–water partition coefficient (Wildman–Crippen LogP) is 10.5. The van der Waals surface area contributed by atoms with E-state index >= 15 is 0 Å². The van der Waals surface area contributed by atoms with E-state index in [9.17, 15) is 0 Å². The maximum atomic E-state index is 5.02. The SMILES string of the molecule is CC(C)=C/C=C(\C)c1ccc(NC2=CC3=C/C(=N/c4ccc(C5=CCC=C(C)C=C5)cc4)CCC3CC2)cc1. The molecule has 2 nitrogen and oxygen atoms in total. The summed E-state index contributed by atoms with van der Waals surface area (Å²) in [4.78, 5) is 5.02. The standard InChI is InChI=1S/C37H40N2/c1-26(2)8-10-28(4)29-12-18-34(19-13-29)38-36-22-16-32-17-23-37(25-33(32)24-36)39-35-20-14-31(15-21-35)30-7-5-6-27(3)9-11-30/h6-15,18-21,24-25,32,38H,5,16-17,22-23H2,1-4H3/b28-10+,39-37+. The number of fused-ring (bicyclic) bond motifs is 1. The zero-order valence-electron chi connectivity index (χ0n) is 23.8. The predicted molar refractivity (Wildman–Crippen MR) is 170 cm³/mol. The molecule has 0 aromatic heterocycles. The fourth-order valence-electron chi connectivity index (χ4n) is 5.36. The third kappa shape index (κ3) is 7.15. The average Bonchev–Trinajstić information content (AvgIpc) is 3.16. The molecular weight excluding hydrogens is 472 g/mol. The van der Waals surface area contributed by atoms with Crippen LogP contribution in [0.2, 0.25) is 0 Å². The molecule has 0 fully saturated rings. The van der Waals surface area contributed by atoms with Crippen LogP contribution >= 0.6 is 0 Å². The van der Waals surface area contributed by atoms with Gasteiger partial charge in [0.05, 0.1) is 5.69 Å². The Labute approximate surface area is 234 Å². The zero-order chi connectivity index (χ0) is 27.2. The molecule has 0 aliphatic heterocycles. The number of allylic oxidation sites excluding steroid dienone is 14. The number of anilines is 1. The van der Waals surface area contributed by atoms with Crippen molar-refractivity contribution < 1.29 is 0 Å². The largest absolute Gasteiger partial charge is 0.359 e. The first-order valence-electron chi connectivity index (χ1n) is 14.3. The molecule has 2 heteroatoms. The molecule has 1 unspecified atom stereocenters. The topological polar surface area (TPSA) is 24.4 Å². The molecule has 0 radical (unpaired) electrons. The summed E-state index contributed by atoms with van der Waals surface area (Å²) in [5.74, 6) is 0.646. The van der Waals surface area contributed by atoms with Gasteiger partial charge in [-0.3, -0.25) is 4.99 Å². The molecule has 39 heavy (non-hydrogen) atoms. The van der Waals surface area contributed by atoms with Crippen molar-refractivity contribution in [3.05, 3.63) is 131 Å². The Kier molecular flexibility index (Phi) is 8.42. The minimum atomic E-state index is 0.646. The van der Waals surface area contributed by atoms with Gasteiger partial charge in [0.15, 0.2) is 0 Å². The van der Waals surface area contributed by atoms with E-state index in [4.69, 9.17) is 4.99 Å². The van der Waals surface area contributed by atoms with Crippen LogP contribution < -0.4 is 5.32 Å². The van der Waals surface area contributed by atoms with Crippen molar-refractivity contribution in [2.75, 3.05) is 5.32 Å². The molecule has 3 aliphatic carbocycles. The van der Waals surface area contributed by atoms with E-state index < -0.39 is 0 Å². The van der Waals surface area contributed by atoms with Gasteiger partial charge in [0.1, 0.15) is 0 Å². The highest BCUT2D eigenvalue weighted by Gasteiger charge is 2.23. The molecular formula is C37H40N2. The number of nitrogens with one attached hydrogen (secondary N) is 1. The lowest BCUT2D eigenvalue weighted by Crippen LogP contribution is -2.18.